The molecule has 2 aromatic rings. The van der Waals surface area contributed by atoms with Crippen molar-refractivity contribution in [1.82, 2.24) is 20.1 Å². The van der Waals surface area contributed by atoms with E-state index < -0.39 is 0 Å². The minimum absolute atomic E-state index is 0.604. The standard InChI is InChI=1S/C18H23ClN4O2/c19-14-9-13(10-15-18(14)25-8-4-7-24-15)11-20-12-17-22-21-16-5-2-1-3-6-23(16)17/h9-10,20H,1-8,11-12H2. The van der Waals surface area contributed by atoms with Gasteiger partial charge in [0.1, 0.15) is 11.6 Å². The maximum absolute atomic E-state index is 6.35. The summed E-state index contributed by atoms with van der Waals surface area (Å²) >= 11 is 6.35. The van der Waals surface area contributed by atoms with Gasteiger partial charge in [-0.15, -0.1) is 10.2 Å². The van der Waals surface area contributed by atoms with Crippen LogP contribution in [0.4, 0.5) is 0 Å². The van der Waals surface area contributed by atoms with Gasteiger partial charge in [0, 0.05) is 25.9 Å². The summed E-state index contributed by atoms with van der Waals surface area (Å²) in [5.41, 5.74) is 1.07. The fraction of sp³-hybridized carbons (Fsp3) is 0.556. The van der Waals surface area contributed by atoms with Gasteiger partial charge in [0.2, 0.25) is 0 Å². The normalized spacial score (nSPS) is 16.8. The molecule has 6 nitrogen and oxygen atoms in total. The van der Waals surface area contributed by atoms with E-state index in [1.807, 2.05) is 12.1 Å². The molecule has 0 saturated carbocycles. The topological polar surface area (TPSA) is 61.2 Å². The third-order valence-corrected chi connectivity index (χ3v) is 4.94. The Morgan fingerprint density at radius 3 is 2.92 bits per heavy atom. The molecule has 0 fully saturated rings. The highest BCUT2D eigenvalue weighted by molar-refractivity contribution is 6.32. The Labute approximate surface area is 152 Å². The van der Waals surface area contributed by atoms with Crippen LogP contribution in [0.2, 0.25) is 5.02 Å². The molecular weight excluding hydrogens is 340 g/mol. The average Bonchev–Trinajstić information content (AvgIpc) is 2.81. The van der Waals surface area contributed by atoms with Gasteiger partial charge in [-0.3, -0.25) is 0 Å². The van der Waals surface area contributed by atoms with Crippen molar-refractivity contribution in [2.24, 2.45) is 0 Å². The third-order valence-electron chi connectivity index (χ3n) is 4.66. The van der Waals surface area contributed by atoms with Gasteiger partial charge in [0.05, 0.1) is 24.8 Å². The van der Waals surface area contributed by atoms with Gasteiger partial charge in [-0.25, -0.2) is 0 Å². The van der Waals surface area contributed by atoms with Crippen molar-refractivity contribution in [3.8, 4) is 11.5 Å². The van der Waals surface area contributed by atoms with Crippen LogP contribution in [0.15, 0.2) is 12.1 Å². The van der Waals surface area contributed by atoms with Crippen molar-refractivity contribution in [3.63, 3.8) is 0 Å². The van der Waals surface area contributed by atoms with Crippen molar-refractivity contribution in [3.05, 3.63) is 34.4 Å². The van der Waals surface area contributed by atoms with Gasteiger partial charge in [-0.2, -0.15) is 0 Å². The molecule has 0 radical (unpaired) electrons. The Bertz CT molecular complexity index is 747. The minimum atomic E-state index is 0.604. The van der Waals surface area contributed by atoms with E-state index in [1.54, 1.807) is 0 Å². The number of hydrogen-bond donors (Lipinski definition) is 1. The van der Waals surface area contributed by atoms with Crippen LogP contribution >= 0.6 is 11.6 Å². The summed E-state index contributed by atoms with van der Waals surface area (Å²) in [6, 6.07) is 3.94. The predicted molar refractivity (Wildman–Crippen MR) is 95.2 cm³/mol. The Hall–Kier alpha value is -1.79. The highest BCUT2D eigenvalue weighted by Gasteiger charge is 2.16. The van der Waals surface area contributed by atoms with E-state index in [4.69, 9.17) is 21.1 Å². The van der Waals surface area contributed by atoms with Crippen LogP contribution in [0, 0.1) is 0 Å². The van der Waals surface area contributed by atoms with Gasteiger partial charge in [0.15, 0.2) is 11.5 Å². The molecule has 134 valence electrons. The number of halogens is 1. The highest BCUT2D eigenvalue weighted by Crippen LogP contribution is 2.37. The fourth-order valence-corrected chi connectivity index (χ4v) is 3.67. The van der Waals surface area contributed by atoms with E-state index in [-0.39, 0.29) is 0 Å². The maximum Gasteiger partial charge on any atom is 0.179 e. The van der Waals surface area contributed by atoms with Gasteiger partial charge >= 0.3 is 0 Å². The molecule has 0 saturated heterocycles. The largest absolute Gasteiger partial charge is 0.489 e. The fourth-order valence-electron chi connectivity index (χ4n) is 3.38. The first-order valence-corrected chi connectivity index (χ1v) is 9.39. The third kappa shape index (κ3) is 3.75. The second-order valence-corrected chi connectivity index (χ2v) is 6.96. The van der Waals surface area contributed by atoms with Crippen LogP contribution < -0.4 is 14.8 Å². The second-order valence-electron chi connectivity index (χ2n) is 6.55. The lowest BCUT2D eigenvalue weighted by Gasteiger charge is -2.12. The summed E-state index contributed by atoms with van der Waals surface area (Å²) in [6.45, 7) is 3.71. The summed E-state index contributed by atoms with van der Waals surface area (Å²) in [5, 5.41) is 12.7. The Balaban J connectivity index is 1.41. The lowest BCUT2D eigenvalue weighted by atomic mass is 10.2. The molecule has 0 spiro atoms. The first-order chi connectivity index (χ1) is 12.3. The Kier molecular flexibility index (Phi) is 5.08. The number of rotatable bonds is 4. The second kappa shape index (κ2) is 7.62. The van der Waals surface area contributed by atoms with E-state index in [1.165, 1.54) is 19.3 Å². The number of aryl methyl sites for hydroxylation is 1. The molecule has 7 heteroatoms. The zero-order chi connectivity index (χ0) is 17.1. The summed E-state index contributed by atoms with van der Waals surface area (Å²) in [6.07, 6.45) is 5.59. The lowest BCUT2D eigenvalue weighted by molar-refractivity contribution is 0.297. The number of fused-ring (bicyclic) bond motifs is 2. The molecule has 0 amide bonds. The summed E-state index contributed by atoms with van der Waals surface area (Å²) in [7, 11) is 0. The van der Waals surface area contributed by atoms with Crippen LogP contribution in [0.25, 0.3) is 0 Å². The number of hydrogen-bond acceptors (Lipinski definition) is 5. The highest BCUT2D eigenvalue weighted by atomic mass is 35.5. The van der Waals surface area contributed by atoms with Crippen molar-refractivity contribution in [2.75, 3.05) is 13.2 Å². The molecule has 1 N–H and O–H groups in total. The van der Waals surface area contributed by atoms with Gasteiger partial charge in [-0.05, 0) is 30.5 Å². The zero-order valence-electron chi connectivity index (χ0n) is 14.3. The quantitative estimate of drug-likeness (QED) is 0.905. The molecule has 1 aromatic heterocycles. The Morgan fingerprint density at radius 2 is 1.96 bits per heavy atom. The number of ether oxygens (including phenoxy) is 2. The molecule has 2 aliphatic rings. The van der Waals surface area contributed by atoms with Crippen LogP contribution in [0.5, 0.6) is 11.5 Å². The maximum atomic E-state index is 6.35. The number of aromatic nitrogens is 3. The molecule has 4 rings (SSSR count). The molecule has 25 heavy (non-hydrogen) atoms. The molecule has 0 unspecified atom stereocenters. The van der Waals surface area contributed by atoms with Crippen LogP contribution in [0.3, 0.4) is 0 Å². The monoisotopic (exact) mass is 362 g/mol. The van der Waals surface area contributed by atoms with Crippen molar-refractivity contribution in [1.29, 1.82) is 0 Å². The van der Waals surface area contributed by atoms with Gasteiger partial charge in [0.25, 0.3) is 0 Å². The molecule has 0 aliphatic carbocycles. The summed E-state index contributed by atoms with van der Waals surface area (Å²) < 4.78 is 13.7. The van der Waals surface area contributed by atoms with Crippen molar-refractivity contribution >= 4 is 11.6 Å². The smallest absolute Gasteiger partial charge is 0.179 e. The molecule has 0 atom stereocenters. The van der Waals surface area contributed by atoms with E-state index in [9.17, 15) is 0 Å². The lowest BCUT2D eigenvalue weighted by Crippen LogP contribution is -2.17. The first-order valence-electron chi connectivity index (χ1n) is 9.01. The van der Waals surface area contributed by atoms with E-state index in [2.05, 4.69) is 20.1 Å². The molecule has 1 aromatic carbocycles. The average molecular weight is 363 g/mol. The molecule has 2 aliphatic heterocycles. The first kappa shape index (κ1) is 16.7. The Morgan fingerprint density at radius 1 is 1.04 bits per heavy atom. The predicted octanol–water partition coefficient (Wildman–Crippen LogP) is 3.11. The summed E-state index contributed by atoms with van der Waals surface area (Å²) in [5.74, 6) is 3.52. The van der Waals surface area contributed by atoms with Crippen LogP contribution in [0.1, 0.15) is 42.9 Å². The van der Waals surface area contributed by atoms with E-state index in [0.717, 1.165) is 42.3 Å². The summed E-state index contributed by atoms with van der Waals surface area (Å²) in [4.78, 5) is 0. The van der Waals surface area contributed by atoms with Crippen molar-refractivity contribution < 1.29 is 9.47 Å². The minimum Gasteiger partial charge on any atom is -0.489 e. The van der Waals surface area contributed by atoms with Crippen LogP contribution in [-0.2, 0) is 26.1 Å². The van der Waals surface area contributed by atoms with Crippen molar-refractivity contribution in [2.45, 2.75) is 51.7 Å². The van der Waals surface area contributed by atoms with Gasteiger partial charge < -0.3 is 19.4 Å². The molecule has 0 bridgehead atoms. The van der Waals surface area contributed by atoms with Gasteiger partial charge in [-0.1, -0.05) is 18.0 Å². The van der Waals surface area contributed by atoms with E-state index in [0.29, 0.717) is 37.1 Å². The molecular formula is C18H23ClN4O2. The SMILES string of the molecule is Clc1cc(CNCc2nnc3n2CCCCC3)cc2c1OCCCO2. The van der Waals surface area contributed by atoms with Crippen LogP contribution in [-0.4, -0.2) is 28.0 Å². The zero-order valence-corrected chi connectivity index (χ0v) is 15.0. The molecule has 3 heterocycles. The number of nitrogens with one attached hydrogen (secondary N) is 1. The number of nitrogens with zero attached hydrogens (tertiary/aromatic N) is 3. The number of benzene rings is 1. The van der Waals surface area contributed by atoms with E-state index >= 15 is 0 Å².